The molecule has 0 radical (unpaired) electrons. The first kappa shape index (κ1) is 19.7. The van der Waals surface area contributed by atoms with Gasteiger partial charge in [-0.2, -0.15) is 5.10 Å². The molecule has 0 unspecified atom stereocenters. The molecule has 0 saturated carbocycles. The Balaban J connectivity index is 1.45. The van der Waals surface area contributed by atoms with Crippen molar-refractivity contribution >= 4 is 5.91 Å². The van der Waals surface area contributed by atoms with Crippen molar-refractivity contribution in [2.24, 2.45) is 0 Å². The Hall–Kier alpha value is -3.02. The SMILES string of the molecule is Cc1ccc(C)c(OCc2ccc(C(=O)NCCCn3nc(C)cc3C)o2)c1. The quantitative estimate of drug-likeness (QED) is 0.596. The second-order valence-corrected chi connectivity index (χ2v) is 7.08. The standard InChI is InChI=1S/C22H27N3O3/c1-15-6-7-16(2)21(12-15)27-14-19-8-9-20(28-19)22(26)23-10-5-11-25-18(4)13-17(3)24-25/h6-9,12-13H,5,10-11,14H2,1-4H3,(H,23,26). The first-order valence-corrected chi connectivity index (χ1v) is 9.50. The van der Waals surface area contributed by atoms with Crippen molar-refractivity contribution in [3.8, 4) is 5.75 Å². The number of aryl methyl sites for hydroxylation is 5. The number of rotatable bonds is 8. The maximum Gasteiger partial charge on any atom is 0.286 e. The summed E-state index contributed by atoms with van der Waals surface area (Å²) in [7, 11) is 0. The van der Waals surface area contributed by atoms with Gasteiger partial charge in [-0.15, -0.1) is 0 Å². The summed E-state index contributed by atoms with van der Waals surface area (Å²) in [5.41, 5.74) is 4.34. The fourth-order valence-corrected chi connectivity index (χ4v) is 3.01. The van der Waals surface area contributed by atoms with Crippen molar-refractivity contribution in [1.29, 1.82) is 0 Å². The summed E-state index contributed by atoms with van der Waals surface area (Å²) in [5.74, 6) is 1.53. The molecule has 1 N–H and O–H groups in total. The Morgan fingerprint density at radius 1 is 1.14 bits per heavy atom. The molecule has 0 spiro atoms. The number of carbonyl (C=O) groups excluding carboxylic acids is 1. The molecule has 0 aliphatic heterocycles. The molecule has 0 aliphatic rings. The van der Waals surface area contributed by atoms with Crippen LogP contribution < -0.4 is 10.1 Å². The van der Waals surface area contributed by atoms with Gasteiger partial charge in [0.15, 0.2) is 5.76 Å². The lowest BCUT2D eigenvalue weighted by molar-refractivity contribution is 0.0920. The van der Waals surface area contributed by atoms with Crippen LogP contribution in [-0.4, -0.2) is 22.2 Å². The highest BCUT2D eigenvalue weighted by molar-refractivity contribution is 5.91. The zero-order valence-electron chi connectivity index (χ0n) is 16.9. The summed E-state index contributed by atoms with van der Waals surface area (Å²) in [5, 5.41) is 7.30. The van der Waals surface area contributed by atoms with Gasteiger partial charge >= 0.3 is 0 Å². The molecule has 0 saturated heterocycles. The van der Waals surface area contributed by atoms with Crippen LogP contribution in [0.4, 0.5) is 0 Å². The average molecular weight is 381 g/mol. The van der Waals surface area contributed by atoms with E-state index >= 15 is 0 Å². The summed E-state index contributed by atoms with van der Waals surface area (Å²) in [6.07, 6.45) is 0.803. The van der Waals surface area contributed by atoms with Crippen LogP contribution in [0.1, 0.15) is 45.3 Å². The minimum absolute atomic E-state index is 0.216. The smallest absolute Gasteiger partial charge is 0.286 e. The van der Waals surface area contributed by atoms with Gasteiger partial charge in [-0.05, 0) is 69.5 Å². The van der Waals surface area contributed by atoms with E-state index in [2.05, 4.69) is 10.4 Å². The van der Waals surface area contributed by atoms with E-state index in [1.54, 1.807) is 12.1 Å². The number of benzene rings is 1. The van der Waals surface area contributed by atoms with Gasteiger partial charge in [-0.3, -0.25) is 9.48 Å². The van der Waals surface area contributed by atoms with Gasteiger partial charge in [-0.25, -0.2) is 0 Å². The zero-order valence-corrected chi connectivity index (χ0v) is 16.9. The fourth-order valence-electron chi connectivity index (χ4n) is 3.01. The third kappa shape index (κ3) is 5.03. The van der Waals surface area contributed by atoms with E-state index in [0.717, 1.165) is 41.2 Å². The second-order valence-electron chi connectivity index (χ2n) is 7.08. The lowest BCUT2D eigenvalue weighted by atomic mass is 10.1. The first-order chi connectivity index (χ1) is 13.4. The number of carbonyl (C=O) groups is 1. The van der Waals surface area contributed by atoms with E-state index in [0.29, 0.717) is 18.1 Å². The molecule has 1 aromatic carbocycles. The summed E-state index contributed by atoms with van der Waals surface area (Å²) in [6, 6.07) is 11.6. The minimum atomic E-state index is -0.216. The van der Waals surface area contributed by atoms with Gasteiger partial charge < -0.3 is 14.5 Å². The summed E-state index contributed by atoms with van der Waals surface area (Å²) in [4.78, 5) is 12.2. The normalized spacial score (nSPS) is 10.9. The minimum Gasteiger partial charge on any atom is -0.485 e. The van der Waals surface area contributed by atoms with Gasteiger partial charge in [0.1, 0.15) is 18.1 Å². The van der Waals surface area contributed by atoms with Crippen molar-refractivity contribution < 1.29 is 13.9 Å². The third-order valence-corrected chi connectivity index (χ3v) is 4.53. The first-order valence-electron chi connectivity index (χ1n) is 9.50. The molecule has 0 aliphatic carbocycles. The van der Waals surface area contributed by atoms with E-state index in [1.807, 2.05) is 56.6 Å². The molecule has 2 aromatic heterocycles. The Bertz CT molecular complexity index is 956. The second kappa shape index (κ2) is 8.78. The van der Waals surface area contributed by atoms with Gasteiger partial charge in [-0.1, -0.05) is 12.1 Å². The van der Waals surface area contributed by atoms with Crippen molar-refractivity contribution in [2.75, 3.05) is 6.54 Å². The van der Waals surface area contributed by atoms with Crippen molar-refractivity contribution in [1.82, 2.24) is 15.1 Å². The lowest BCUT2D eigenvalue weighted by Gasteiger charge is -2.08. The monoisotopic (exact) mass is 381 g/mol. The van der Waals surface area contributed by atoms with E-state index in [1.165, 1.54) is 0 Å². The van der Waals surface area contributed by atoms with Gasteiger partial charge in [0.05, 0.1) is 5.69 Å². The highest BCUT2D eigenvalue weighted by Gasteiger charge is 2.11. The lowest BCUT2D eigenvalue weighted by Crippen LogP contribution is -2.25. The molecular weight excluding hydrogens is 354 g/mol. The Labute approximate surface area is 165 Å². The largest absolute Gasteiger partial charge is 0.485 e. The van der Waals surface area contributed by atoms with Crippen molar-refractivity contribution in [3.05, 3.63) is 70.4 Å². The highest BCUT2D eigenvalue weighted by Crippen LogP contribution is 2.21. The number of ether oxygens (including phenoxy) is 1. The van der Waals surface area contributed by atoms with Crippen LogP contribution >= 0.6 is 0 Å². The van der Waals surface area contributed by atoms with Gasteiger partial charge in [0, 0.05) is 18.8 Å². The fraction of sp³-hybridized carbons (Fsp3) is 0.364. The highest BCUT2D eigenvalue weighted by atomic mass is 16.5. The average Bonchev–Trinajstić information content (AvgIpc) is 3.25. The number of nitrogens with zero attached hydrogens (tertiary/aromatic N) is 2. The number of hydrogen-bond acceptors (Lipinski definition) is 4. The Kier molecular flexibility index (Phi) is 6.19. The Morgan fingerprint density at radius 3 is 2.71 bits per heavy atom. The molecule has 3 aromatic rings. The van der Waals surface area contributed by atoms with Crippen molar-refractivity contribution in [3.63, 3.8) is 0 Å². The van der Waals surface area contributed by atoms with Crippen LogP contribution in [0.25, 0.3) is 0 Å². The maximum absolute atomic E-state index is 12.2. The molecule has 28 heavy (non-hydrogen) atoms. The van der Waals surface area contributed by atoms with Crippen molar-refractivity contribution in [2.45, 2.75) is 47.3 Å². The molecule has 6 nitrogen and oxygen atoms in total. The molecule has 1 amide bonds. The summed E-state index contributed by atoms with van der Waals surface area (Å²) in [6.45, 7) is 9.65. The molecule has 148 valence electrons. The maximum atomic E-state index is 12.2. The van der Waals surface area contributed by atoms with Crippen LogP contribution in [0, 0.1) is 27.7 Å². The van der Waals surface area contributed by atoms with Gasteiger partial charge in [0.2, 0.25) is 0 Å². The van der Waals surface area contributed by atoms with Crippen LogP contribution in [0.2, 0.25) is 0 Å². The third-order valence-electron chi connectivity index (χ3n) is 4.53. The van der Waals surface area contributed by atoms with Crippen LogP contribution in [0.15, 0.2) is 40.8 Å². The molecule has 0 atom stereocenters. The molecule has 2 heterocycles. The Morgan fingerprint density at radius 2 is 1.96 bits per heavy atom. The predicted molar refractivity (Wildman–Crippen MR) is 108 cm³/mol. The summed E-state index contributed by atoms with van der Waals surface area (Å²) < 4.78 is 13.4. The number of nitrogens with one attached hydrogen (secondary N) is 1. The van der Waals surface area contributed by atoms with Crippen LogP contribution in [-0.2, 0) is 13.2 Å². The van der Waals surface area contributed by atoms with E-state index < -0.39 is 0 Å². The van der Waals surface area contributed by atoms with Gasteiger partial charge in [0.25, 0.3) is 5.91 Å². The molecule has 0 bridgehead atoms. The van der Waals surface area contributed by atoms with E-state index in [9.17, 15) is 4.79 Å². The zero-order chi connectivity index (χ0) is 20.1. The predicted octanol–water partition coefficient (Wildman–Crippen LogP) is 4.11. The van der Waals surface area contributed by atoms with Crippen LogP contribution in [0.5, 0.6) is 5.75 Å². The molecule has 0 fully saturated rings. The number of amides is 1. The number of aromatic nitrogens is 2. The molecule has 3 rings (SSSR count). The number of hydrogen-bond donors (Lipinski definition) is 1. The van der Waals surface area contributed by atoms with E-state index in [4.69, 9.17) is 9.15 Å². The number of furan rings is 1. The topological polar surface area (TPSA) is 69.3 Å². The molecular formula is C22H27N3O3. The van der Waals surface area contributed by atoms with E-state index in [-0.39, 0.29) is 12.5 Å². The van der Waals surface area contributed by atoms with Crippen LogP contribution in [0.3, 0.4) is 0 Å². The molecule has 6 heteroatoms. The summed E-state index contributed by atoms with van der Waals surface area (Å²) >= 11 is 0.